The van der Waals surface area contributed by atoms with Crippen LogP contribution in [0.2, 0.25) is 0 Å². The van der Waals surface area contributed by atoms with Crippen LogP contribution in [0.3, 0.4) is 0 Å². The highest BCUT2D eigenvalue weighted by molar-refractivity contribution is 5.99. The van der Waals surface area contributed by atoms with Gasteiger partial charge in [0, 0.05) is 37.5 Å². The maximum absolute atomic E-state index is 14.8. The van der Waals surface area contributed by atoms with Crippen molar-refractivity contribution in [2.24, 2.45) is 10.9 Å². The average Bonchev–Trinajstić information content (AvgIpc) is 3.03. The molecule has 24 heavy (non-hydrogen) atoms. The Labute approximate surface area is 142 Å². The zero-order valence-electron chi connectivity index (χ0n) is 15.0. The van der Waals surface area contributed by atoms with Crippen molar-refractivity contribution < 1.29 is 13.9 Å². The van der Waals surface area contributed by atoms with Crippen molar-refractivity contribution in [1.29, 1.82) is 0 Å². The molecular weight excluding hydrogens is 309 g/mol. The van der Waals surface area contributed by atoms with Crippen LogP contribution in [0.4, 0.5) is 4.39 Å². The first kappa shape index (κ1) is 18.4. The van der Waals surface area contributed by atoms with Crippen molar-refractivity contribution in [2.45, 2.75) is 45.7 Å². The van der Waals surface area contributed by atoms with Gasteiger partial charge in [-0.3, -0.25) is 9.79 Å². The third kappa shape index (κ3) is 2.90. The molecule has 1 aliphatic heterocycles. The molecule has 0 aromatic carbocycles. The molecule has 1 aromatic heterocycles. The number of carbonyl (C=O) groups is 1. The summed E-state index contributed by atoms with van der Waals surface area (Å²) in [6, 6.07) is 0. The minimum atomic E-state index is -1.14. The molecule has 132 valence electrons. The Morgan fingerprint density at radius 3 is 2.58 bits per heavy atom. The minimum absolute atomic E-state index is 0.135. The van der Waals surface area contributed by atoms with E-state index in [0.717, 1.165) is 6.42 Å². The van der Waals surface area contributed by atoms with Crippen LogP contribution >= 0.6 is 0 Å². The predicted molar refractivity (Wildman–Crippen MR) is 94.0 cm³/mol. The summed E-state index contributed by atoms with van der Waals surface area (Å²) in [6.07, 6.45) is 0.372. The van der Waals surface area contributed by atoms with Gasteiger partial charge in [0.05, 0.1) is 17.4 Å². The van der Waals surface area contributed by atoms with Gasteiger partial charge in [0.1, 0.15) is 0 Å². The third-order valence-electron chi connectivity index (χ3n) is 4.75. The van der Waals surface area contributed by atoms with E-state index in [4.69, 9.17) is 4.74 Å². The second kappa shape index (κ2) is 6.89. The van der Waals surface area contributed by atoms with Gasteiger partial charge in [0.15, 0.2) is 12.4 Å². The monoisotopic (exact) mass is 335 g/mol. The lowest BCUT2D eigenvalue weighted by atomic mass is 10.00. The molecule has 1 saturated heterocycles. The number of carbonyl (C=O) groups excluding carboxylic acids is 1. The van der Waals surface area contributed by atoms with Gasteiger partial charge in [0.25, 0.3) is 5.91 Å². The summed E-state index contributed by atoms with van der Waals surface area (Å²) < 4.78 is 22.4. The van der Waals surface area contributed by atoms with E-state index in [1.54, 1.807) is 24.9 Å². The van der Waals surface area contributed by atoms with Crippen LogP contribution in [0.25, 0.3) is 5.70 Å². The van der Waals surface area contributed by atoms with E-state index in [-0.39, 0.29) is 17.9 Å². The van der Waals surface area contributed by atoms with Crippen LogP contribution in [-0.2, 0) is 4.74 Å². The van der Waals surface area contributed by atoms with Crippen molar-refractivity contribution in [1.82, 2.24) is 9.47 Å². The highest BCUT2D eigenvalue weighted by atomic mass is 19.1. The lowest BCUT2D eigenvalue weighted by molar-refractivity contribution is -0.0216. The van der Waals surface area contributed by atoms with Crippen molar-refractivity contribution >= 4 is 18.3 Å². The van der Waals surface area contributed by atoms with E-state index in [1.165, 1.54) is 4.90 Å². The number of amides is 1. The SMILES string of the molecule is C=NC(=C)c1c(C(=O)N(C)C)cn([C@@H]2O[C@H](CC)[C@@H](C)[C@@H]2F)c1C. The van der Waals surface area contributed by atoms with E-state index in [0.29, 0.717) is 22.5 Å². The van der Waals surface area contributed by atoms with Crippen LogP contribution in [0, 0.1) is 12.8 Å². The Balaban J connectivity index is 2.55. The zero-order valence-corrected chi connectivity index (χ0v) is 15.0. The highest BCUT2D eigenvalue weighted by Crippen LogP contribution is 2.40. The zero-order chi connectivity index (χ0) is 18.2. The fraction of sp³-hybridized carbons (Fsp3) is 0.556. The van der Waals surface area contributed by atoms with Crippen molar-refractivity contribution in [3.63, 3.8) is 0 Å². The molecule has 0 radical (unpaired) electrons. The Kier molecular flexibility index (Phi) is 5.28. The number of ether oxygens (including phenoxy) is 1. The summed E-state index contributed by atoms with van der Waals surface area (Å²) in [5, 5.41) is 0. The average molecular weight is 335 g/mol. The van der Waals surface area contributed by atoms with Gasteiger partial charge in [-0.2, -0.15) is 0 Å². The molecule has 1 aromatic rings. The molecule has 2 heterocycles. The lowest BCUT2D eigenvalue weighted by Gasteiger charge is -2.18. The normalized spacial score (nSPS) is 26.4. The highest BCUT2D eigenvalue weighted by Gasteiger charge is 2.43. The number of aliphatic imine (C=N–C) groups is 1. The molecule has 0 bridgehead atoms. The maximum Gasteiger partial charge on any atom is 0.255 e. The van der Waals surface area contributed by atoms with E-state index >= 15 is 0 Å². The number of nitrogens with zero attached hydrogens (tertiary/aromatic N) is 3. The largest absolute Gasteiger partial charge is 0.351 e. The number of hydrogen-bond acceptors (Lipinski definition) is 3. The van der Waals surface area contributed by atoms with E-state index in [2.05, 4.69) is 18.3 Å². The molecule has 0 unspecified atom stereocenters. The Morgan fingerprint density at radius 1 is 1.50 bits per heavy atom. The molecule has 0 N–H and O–H groups in total. The smallest absolute Gasteiger partial charge is 0.255 e. The first-order valence-corrected chi connectivity index (χ1v) is 8.13. The Morgan fingerprint density at radius 2 is 2.12 bits per heavy atom. The predicted octanol–water partition coefficient (Wildman–Crippen LogP) is 3.45. The third-order valence-corrected chi connectivity index (χ3v) is 4.75. The van der Waals surface area contributed by atoms with Gasteiger partial charge in [-0.15, -0.1) is 0 Å². The summed E-state index contributed by atoms with van der Waals surface area (Å²) in [6.45, 7) is 13.0. The molecule has 4 atom stereocenters. The van der Waals surface area contributed by atoms with Crippen molar-refractivity contribution in [2.75, 3.05) is 14.1 Å². The number of halogens is 1. The van der Waals surface area contributed by atoms with Crippen LogP contribution in [0.1, 0.15) is 48.1 Å². The van der Waals surface area contributed by atoms with Gasteiger partial charge >= 0.3 is 0 Å². The summed E-state index contributed by atoms with van der Waals surface area (Å²) in [7, 11) is 3.34. The molecule has 1 amide bonds. The molecule has 5 nitrogen and oxygen atoms in total. The first-order chi connectivity index (χ1) is 11.2. The van der Waals surface area contributed by atoms with Gasteiger partial charge in [-0.05, 0) is 20.1 Å². The fourth-order valence-electron chi connectivity index (χ4n) is 3.26. The standard InChI is InChI=1S/C18H26FN3O2/c1-8-14-10(2)16(19)18(24-14)22-9-13(17(23)21(6)7)15(12(22)4)11(3)20-5/h9-10,14,16,18H,3,5,8H2,1-2,4,6-7H3/t10-,14-,16+,18-/m1/s1. The number of alkyl halides is 1. The van der Waals surface area contributed by atoms with Crippen molar-refractivity contribution in [3.8, 4) is 0 Å². The topological polar surface area (TPSA) is 46.8 Å². The molecule has 0 saturated carbocycles. The molecule has 1 aliphatic rings. The number of aromatic nitrogens is 1. The molecule has 2 rings (SSSR count). The van der Waals surface area contributed by atoms with Crippen LogP contribution in [-0.4, -0.2) is 48.5 Å². The summed E-state index contributed by atoms with van der Waals surface area (Å²) in [4.78, 5) is 17.8. The number of hydrogen-bond donors (Lipinski definition) is 0. The van der Waals surface area contributed by atoms with E-state index in [9.17, 15) is 9.18 Å². The molecule has 6 heteroatoms. The van der Waals surface area contributed by atoms with Gasteiger partial charge < -0.3 is 14.2 Å². The van der Waals surface area contributed by atoms with E-state index < -0.39 is 12.4 Å². The Bertz CT molecular complexity index is 665. The quantitative estimate of drug-likeness (QED) is 0.774. The van der Waals surface area contributed by atoms with Crippen LogP contribution < -0.4 is 0 Å². The molecule has 0 spiro atoms. The van der Waals surface area contributed by atoms with E-state index in [1.807, 2.05) is 20.8 Å². The fourth-order valence-corrected chi connectivity index (χ4v) is 3.26. The maximum atomic E-state index is 14.8. The molecular formula is C18H26FN3O2. The van der Waals surface area contributed by atoms with Gasteiger partial charge in [-0.25, -0.2) is 4.39 Å². The Hall–Kier alpha value is -1.95. The second-order valence-electron chi connectivity index (χ2n) is 6.49. The molecule has 0 aliphatic carbocycles. The van der Waals surface area contributed by atoms with Gasteiger partial charge in [0.2, 0.25) is 0 Å². The first-order valence-electron chi connectivity index (χ1n) is 8.13. The summed E-state index contributed by atoms with van der Waals surface area (Å²) in [5.74, 6) is -0.385. The van der Waals surface area contributed by atoms with Crippen LogP contribution in [0.5, 0.6) is 0 Å². The summed E-state index contributed by atoms with van der Waals surface area (Å²) >= 11 is 0. The summed E-state index contributed by atoms with van der Waals surface area (Å²) in [5.41, 5.74) is 2.12. The minimum Gasteiger partial charge on any atom is -0.351 e. The molecule has 1 fully saturated rings. The van der Waals surface area contributed by atoms with Gasteiger partial charge in [-0.1, -0.05) is 20.4 Å². The van der Waals surface area contributed by atoms with Crippen LogP contribution in [0.15, 0.2) is 17.8 Å². The second-order valence-corrected chi connectivity index (χ2v) is 6.49. The van der Waals surface area contributed by atoms with Crippen molar-refractivity contribution in [3.05, 3.63) is 29.6 Å². The number of rotatable bonds is 5. The lowest BCUT2D eigenvalue weighted by Crippen LogP contribution is -2.22.